The zero-order valence-electron chi connectivity index (χ0n) is 42.7. The van der Waals surface area contributed by atoms with E-state index in [1.165, 1.54) is 13.2 Å². The van der Waals surface area contributed by atoms with Crippen LogP contribution in [0.15, 0.2) is 46.1 Å². The van der Waals surface area contributed by atoms with Crippen molar-refractivity contribution in [2.45, 2.75) is 123 Å². The highest BCUT2D eigenvalue weighted by Gasteiger charge is 2.50. The van der Waals surface area contributed by atoms with E-state index in [0.29, 0.717) is 43.6 Å². The molecule has 2 aromatic rings. The molecule has 7 aliphatic rings. The first-order chi connectivity index (χ1) is 33.6. The monoisotopic (exact) mass is 984 g/mol. The molecule has 9 rings (SSSR count). The van der Waals surface area contributed by atoms with Crippen LogP contribution in [0.5, 0.6) is 17.2 Å². The zero-order chi connectivity index (χ0) is 51.3. The topological polar surface area (TPSA) is 227 Å². The number of fused-ring (bicyclic) bond motifs is 13. The lowest BCUT2D eigenvalue weighted by Crippen LogP contribution is -2.62. The number of likely N-dealkylation sites (tertiary alicyclic amines) is 2. The Balaban J connectivity index is 1.11. The van der Waals surface area contributed by atoms with Crippen molar-refractivity contribution in [1.82, 2.24) is 19.6 Å². The summed E-state index contributed by atoms with van der Waals surface area (Å²) >= 11 is 0. The number of aromatic hydroxyl groups is 2. The minimum Gasteiger partial charge on any atom is -0.507 e. The maximum Gasteiger partial charge on any atom is 0.315 e. The molecule has 2 aromatic carbocycles. The third kappa shape index (κ3) is 10.3. The number of nitrogens with one attached hydrogen (secondary N) is 1. The van der Waals surface area contributed by atoms with Crippen LogP contribution in [0.1, 0.15) is 96.5 Å². The molecular weight excluding hydrogens is 911 g/mol. The number of hydrogen-bond acceptors (Lipinski definition) is 16. The Hall–Kier alpha value is -5.40. The number of nitrogens with zero attached hydrogens (tertiary/aromatic N) is 6. The number of piperidine rings is 1. The molecule has 3 fully saturated rings. The highest BCUT2D eigenvalue weighted by Crippen LogP contribution is 2.51. The Bertz CT molecular complexity index is 2650. The highest BCUT2D eigenvalue weighted by molar-refractivity contribution is 6.21. The van der Waals surface area contributed by atoms with Crippen LogP contribution in [0.4, 0.5) is 5.69 Å². The van der Waals surface area contributed by atoms with Gasteiger partial charge in [-0.1, -0.05) is 52.8 Å². The zero-order valence-corrected chi connectivity index (χ0v) is 42.7. The number of rotatable bonds is 6. The Morgan fingerprint density at radius 2 is 1.63 bits per heavy atom. The first-order valence-corrected chi connectivity index (χ1v) is 25.4. The van der Waals surface area contributed by atoms with Gasteiger partial charge in [0.15, 0.2) is 5.75 Å². The smallest absolute Gasteiger partial charge is 0.315 e. The molecule has 7 heterocycles. The van der Waals surface area contributed by atoms with Crippen molar-refractivity contribution in [3.63, 3.8) is 0 Å². The third-order valence-corrected chi connectivity index (χ3v) is 15.6. The summed E-state index contributed by atoms with van der Waals surface area (Å²) < 4.78 is 18.4. The molecule has 7 atom stereocenters. The molecule has 0 aliphatic carbocycles. The van der Waals surface area contributed by atoms with Gasteiger partial charge in [-0.15, -0.1) is 0 Å². The van der Waals surface area contributed by atoms with Gasteiger partial charge in [0.25, 0.3) is 11.7 Å². The van der Waals surface area contributed by atoms with Crippen LogP contribution < -0.4 is 20.8 Å². The fourth-order valence-corrected chi connectivity index (χ4v) is 11.1. The van der Waals surface area contributed by atoms with E-state index in [-0.39, 0.29) is 68.4 Å². The number of allylic oxidation sites excluding steroid dienone is 3. The van der Waals surface area contributed by atoms with Crippen LogP contribution in [-0.4, -0.2) is 165 Å². The number of carbonyl (C=O) groups is 4. The van der Waals surface area contributed by atoms with Crippen LogP contribution in [0.2, 0.25) is 0 Å². The second kappa shape index (κ2) is 20.6. The van der Waals surface area contributed by atoms with Crippen molar-refractivity contribution in [2.24, 2.45) is 33.7 Å². The lowest BCUT2D eigenvalue weighted by atomic mass is 9.81. The number of anilines is 1. The quantitative estimate of drug-likeness (QED) is 0.158. The van der Waals surface area contributed by atoms with Gasteiger partial charge in [0, 0.05) is 119 Å². The van der Waals surface area contributed by atoms with Crippen LogP contribution in [0.25, 0.3) is 10.8 Å². The normalized spacial score (nSPS) is 30.7. The molecule has 7 aliphatic heterocycles. The lowest BCUT2D eigenvalue weighted by molar-refractivity contribution is -0.159. The van der Waals surface area contributed by atoms with E-state index >= 15 is 0 Å². The van der Waals surface area contributed by atoms with Crippen LogP contribution in [0, 0.1) is 30.6 Å². The number of likely N-dealkylation sites (N-methyl/N-ethyl adjacent to an activating group) is 1. The molecule has 5 bridgehead atoms. The number of phenols is 2. The maximum atomic E-state index is 14.8. The average Bonchev–Trinajstić information content (AvgIpc) is 3.82. The molecule has 0 radical (unpaired) electrons. The van der Waals surface area contributed by atoms with Crippen LogP contribution in [-0.2, 0) is 23.9 Å². The number of ketones is 1. The van der Waals surface area contributed by atoms with Crippen LogP contribution in [0.3, 0.4) is 0 Å². The minimum atomic E-state index is -1.93. The highest BCUT2D eigenvalue weighted by atomic mass is 16.7. The van der Waals surface area contributed by atoms with Gasteiger partial charge in [-0.3, -0.25) is 29.1 Å². The number of amides is 2. The first-order valence-electron chi connectivity index (χ1n) is 25.4. The number of ether oxygens (including phenoxy) is 3. The summed E-state index contributed by atoms with van der Waals surface area (Å²) in [5, 5.41) is 51.0. The van der Waals surface area contributed by atoms with Gasteiger partial charge in [0.1, 0.15) is 40.4 Å². The van der Waals surface area contributed by atoms with Crippen molar-refractivity contribution in [1.29, 1.82) is 0 Å². The molecule has 71 heavy (non-hydrogen) atoms. The molecule has 0 saturated carbocycles. The van der Waals surface area contributed by atoms with Crippen molar-refractivity contribution < 1.29 is 53.8 Å². The summed E-state index contributed by atoms with van der Waals surface area (Å²) in [6.45, 7) is 21.0. The van der Waals surface area contributed by atoms with E-state index in [1.807, 2.05) is 0 Å². The lowest BCUT2D eigenvalue weighted by Gasteiger charge is -2.46. The molecule has 18 heteroatoms. The standard InChI is InChI=1S/C53H73N7O11/c1-29(2)26-58-18-16-53(17-19-58)55-42-39-40-47(65)34(7)49-41(39)50(67)52(8,71-49)69-24-11-10-15-36(70-38(62)25-37(61)60-22-20-59(21-23-60)35-27-57(9)28-35)32(5)46(64)33(6)45(63)30(3)13-12-14-31(4)51(68)54-44(48(40)66)43(42)56-53/h11-14,24,29-30,32-33,35-36,45-46,55,63-66H,10,15-23,25-28H2,1-9H3/b13-12+,24-11+,31-14-,54-44?/t30?,32-,33+,36+,45-,46?,52-/m0/s1. The third-order valence-electron chi connectivity index (χ3n) is 15.6. The molecular formula is C53H73N7O11. The van der Waals surface area contributed by atoms with Crippen molar-refractivity contribution in [3.8, 4) is 17.2 Å². The molecule has 0 aromatic heterocycles. The van der Waals surface area contributed by atoms with Gasteiger partial charge in [-0.05, 0) is 45.7 Å². The van der Waals surface area contributed by atoms with E-state index in [0.717, 1.165) is 45.8 Å². The Morgan fingerprint density at radius 3 is 2.30 bits per heavy atom. The van der Waals surface area contributed by atoms with Gasteiger partial charge in [0.2, 0.25) is 5.91 Å². The number of phenolic OH excluding ortho intramolecular Hbond substituents is 2. The molecule has 386 valence electrons. The van der Waals surface area contributed by atoms with Gasteiger partial charge in [-0.2, -0.15) is 0 Å². The predicted octanol–water partition coefficient (Wildman–Crippen LogP) is 3.71. The van der Waals surface area contributed by atoms with E-state index in [1.54, 1.807) is 63.8 Å². The molecule has 2 unspecified atom stereocenters. The van der Waals surface area contributed by atoms with E-state index in [9.17, 15) is 39.6 Å². The maximum absolute atomic E-state index is 14.8. The summed E-state index contributed by atoms with van der Waals surface area (Å²) in [5.74, 6) is -6.53. The number of benzene rings is 2. The molecule has 18 nitrogen and oxygen atoms in total. The number of esters is 1. The average molecular weight is 984 g/mol. The molecule has 5 N–H and O–H groups in total. The molecule has 3 saturated heterocycles. The molecule has 1 spiro atoms. The van der Waals surface area contributed by atoms with Gasteiger partial charge < -0.3 is 54.7 Å². The van der Waals surface area contributed by atoms with Crippen LogP contribution >= 0.6 is 0 Å². The molecule has 2 amide bonds. The van der Waals surface area contributed by atoms with Gasteiger partial charge >= 0.3 is 11.8 Å². The first kappa shape index (κ1) is 51.9. The number of hydrogen-bond donors (Lipinski definition) is 5. The Kier molecular flexibility index (Phi) is 15.1. The number of carbonyl (C=O) groups excluding carboxylic acids is 4. The number of aliphatic hydroxyl groups is 2. The summed E-state index contributed by atoms with van der Waals surface area (Å²) in [7, 11) is 2.08. The van der Waals surface area contributed by atoms with Gasteiger partial charge in [-0.25, -0.2) is 4.99 Å². The van der Waals surface area contributed by atoms with Gasteiger partial charge in [0.05, 0.1) is 35.1 Å². The number of aliphatic hydroxyl groups excluding tert-OH is 2. The van der Waals surface area contributed by atoms with E-state index in [4.69, 9.17) is 19.2 Å². The number of Topliss-reactive ketones (excluding diaryl/α,β-unsaturated/α-hetero) is 1. The summed E-state index contributed by atoms with van der Waals surface area (Å²) in [6.07, 6.45) is 5.87. The summed E-state index contributed by atoms with van der Waals surface area (Å²) in [5.41, 5.74) is -0.111. The predicted molar refractivity (Wildman–Crippen MR) is 265 cm³/mol. The fourth-order valence-electron chi connectivity index (χ4n) is 11.1. The second-order valence-electron chi connectivity index (χ2n) is 21.5. The summed E-state index contributed by atoms with van der Waals surface area (Å²) in [6, 6.07) is 0.479. The minimum absolute atomic E-state index is 0.0612. The Labute approximate surface area is 415 Å². The number of piperazine rings is 1. The fraction of sp³-hybridized carbons (Fsp3) is 0.623. The Morgan fingerprint density at radius 1 is 0.944 bits per heavy atom. The SMILES string of the molecule is C/C1=C/C=C/C(C)[C@H](O)[C@@H](C)C(O)[C@@H](C)[C@H](OC(=O)CC(=O)N2CCN(C3CN(C)C3)CC2)CC/C=C/O[C@@]2(C)Oc3c(C)c(O)c4c(O)c(c5c(c4c3C2=O)NC2(CCN(CC(C)C)CC2)N=5)=NC1=O. The van der Waals surface area contributed by atoms with E-state index < -0.39 is 77.3 Å². The summed E-state index contributed by atoms with van der Waals surface area (Å²) in [4.78, 5) is 74.0. The van der Waals surface area contributed by atoms with Crippen molar-refractivity contribution in [3.05, 3.63) is 58.0 Å². The largest absolute Gasteiger partial charge is 0.507 e. The van der Waals surface area contributed by atoms with Crippen molar-refractivity contribution in [2.75, 3.05) is 71.3 Å². The van der Waals surface area contributed by atoms with E-state index in [2.05, 4.69) is 45.9 Å². The second-order valence-corrected chi connectivity index (χ2v) is 21.5. The van der Waals surface area contributed by atoms with Crippen molar-refractivity contribution >= 4 is 40.0 Å².